The highest BCUT2D eigenvalue weighted by Crippen LogP contribution is 2.29. The van der Waals surface area contributed by atoms with Crippen molar-refractivity contribution in [3.05, 3.63) is 24.2 Å². The highest BCUT2D eigenvalue weighted by molar-refractivity contribution is 8.00. The molecule has 1 N–H and O–H groups in total. The number of thioether (sulfide) groups is 1. The minimum absolute atomic E-state index is 0.302. The third-order valence-electron chi connectivity index (χ3n) is 3.17. The van der Waals surface area contributed by atoms with Gasteiger partial charge in [0, 0.05) is 43.6 Å². The molecule has 1 aliphatic heterocycles. The number of hydrogen-bond donors (Lipinski definition) is 1. The number of guanidine groups is 1. The molecule has 4 nitrogen and oxygen atoms in total. The Morgan fingerprint density at radius 2 is 2.42 bits per heavy atom. The third kappa shape index (κ3) is 4.20. The van der Waals surface area contributed by atoms with Crippen molar-refractivity contribution in [2.24, 2.45) is 4.99 Å². The van der Waals surface area contributed by atoms with E-state index in [9.17, 15) is 0 Å². The van der Waals surface area contributed by atoms with Gasteiger partial charge >= 0.3 is 0 Å². The highest BCUT2D eigenvalue weighted by Gasteiger charge is 2.28. The Morgan fingerprint density at radius 1 is 1.58 bits per heavy atom. The van der Waals surface area contributed by atoms with Crippen molar-refractivity contribution in [3.63, 3.8) is 0 Å². The summed E-state index contributed by atoms with van der Waals surface area (Å²) in [6.07, 6.45) is 2.60. The van der Waals surface area contributed by atoms with E-state index in [4.69, 9.17) is 4.42 Å². The molecule has 2 heterocycles. The fourth-order valence-corrected chi connectivity index (χ4v) is 3.39. The quantitative estimate of drug-likeness (QED) is 0.681. The number of aliphatic imine (C=N–C) groups is 1. The van der Waals surface area contributed by atoms with E-state index in [1.165, 1.54) is 0 Å². The van der Waals surface area contributed by atoms with Crippen LogP contribution in [-0.2, 0) is 6.42 Å². The summed E-state index contributed by atoms with van der Waals surface area (Å²) < 4.78 is 5.63. The Balaban J connectivity index is 1.83. The van der Waals surface area contributed by atoms with Gasteiger partial charge in [0.05, 0.1) is 6.26 Å². The standard InChI is InChI=1S/C14H23N3OS/c1-14(2)11-17(8-10-19-14)13(15-3)16-7-6-12-5-4-9-18-12/h4-5,9H,6-8,10-11H2,1-3H3,(H,15,16). The zero-order valence-electron chi connectivity index (χ0n) is 12.0. The second-order valence-electron chi connectivity index (χ2n) is 5.33. The molecule has 1 aromatic rings. The van der Waals surface area contributed by atoms with Crippen LogP contribution in [0, 0.1) is 0 Å². The summed E-state index contributed by atoms with van der Waals surface area (Å²) >= 11 is 2.03. The third-order valence-corrected chi connectivity index (χ3v) is 4.47. The average Bonchev–Trinajstić information content (AvgIpc) is 2.86. The zero-order chi connectivity index (χ0) is 13.7. The van der Waals surface area contributed by atoms with Gasteiger partial charge in [0.25, 0.3) is 0 Å². The molecule has 1 saturated heterocycles. The summed E-state index contributed by atoms with van der Waals surface area (Å²) in [4.78, 5) is 6.73. The Labute approximate surface area is 119 Å². The largest absolute Gasteiger partial charge is 0.469 e. The van der Waals surface area contributed by atoms with Crippen LogP contribution in [0.4, 0.5) is 0 Å². The molecule has 19 heavy (non-hydrogen) atoms. The van der Waals surface area contributed by atoms with Gasteiger partial charge in [-0.2, -0.15) is 11.8 Å². The maximum absolute atomic E-state index is 5.33. The lowest BCUT2D eigenvalue weighted by molar-refractivity contribution is 0.375. The van der Waals surface area contributed by atoms with Crippen LogP contribution < -0.4 is 5.32 Å². The van der Waals surface area contributed by atoms with E-state index in [0.29, 0.717) is 4.75 Å². The van der Waals surface area contributed by atoms with Crippen LogP contribution in [0.2, 0.25) is 0 Å². The topological polar surface area (TPSA) is 40.8 Å². The van der Waals surface area contributed by atoms with Crippen molar-refractivity contribution in [1.82, 2.24) is 10.2 Å². The molecule has 0 atom stereocenters. The monoisotopic (exact) mass is 281 g/mol. The van der Waals surface area contributed by atoms with Crippen molar-refractivity contribution in [2.45, 2.75) is 25.0 Å². The first-order chi connectivity index (χ1) is 9.11. The average molecular weight is 281 g/mol. The van der Waals surface area contributed by atoms with Gasteiger partial charge in [-0.1, -0.05) is 0 Å². The SMILES string of the molecule is CN=C(NCCc1ccco1)N1CCSC(C)(C)C1. The van der Waals surface area contributed by atoms with Crippen molar-refractivity contribution < 1.29 is 4.42 Å². The summed E-state index contributed by atoms with van der Waals surface area (Å²) in [5, 5.41) is 3.42. The first kappa shape index (κ1) is 14.3. The van der Waals surface area contributed by atoms with E-state index in [-0.39, 0.29) is 0 Å². The van der Waals surface area contributed by atoms with E-state index in [0.717, 1.165) is 43.5 Å². The summed E-state index contributed by atoms with van der Waals surface area (Å²) in [5.41, 5.74) is 0. The lowest BCUT2D eigenvalue weighted by Crippen LogP contribution is -2.51. The second-order valence-corrected chi connectivity index (χ2v) is 7.14. The number of furan rings is 1. The van der Waals surface area contributed by atoms with Gasteiger partial charge in [-0.05, 0) is 26.0 Å². The van der Waals surface area contributed by atoms with E-state index in [2.05, 4.69) is 29.1 Å². The lowest BCUT2D eigenvalue weighted by Gasteiger charge is -2.39. The van der Waals surface area contributed by atoms with Gasteiger partial charge in [0.15, 0.2) is 5.96 Å². The predicted octanol–water partition coefficient (Wildman–Crippen LogP) is 2.22. The molecule has 1 fully saturated rings. The number of hydrogen-bond acceptors (Lipinski definition) is 3. The molecule has 106 valence electrons. The normalized spacial score (nSPS) is 19.5. The summed E-state index contributed by atoms with van der Waals surface area (Å²) in [6.45, 7) is 7.54. The van der Waals surface area contributed by atoms with Crippen LogP contribution >= 0.6 is 11.8 Å². The highest BCUT2D eigenvalue weighted by atomic mass is 32.2. The van der Waals surface area contributed by atoms with Crippen LogP contribution in [0.3, 0.4) is 0 Å². The fraction of sp³-hybridized carbons (Fsp3) is 0.643. The summed E-state index contributed by atoms with van der Waals surface area (Å²) in [6, 6.07) is 3.93. The Morgan fingerprint density at radius 3 is 3.05 bits per heavy atom. The van der Waals surface area contributed by atoms with Gasteiger partial charge in [0.1, 0.15) is 5.76 Å². The Bertz CT molecular complexity index is 414. The molecule has 0 spiro atoms. The molecule has 0 amide bonds. The van der Waals surface area contributed by atoms with Crippen LogP contribution in [-0.4, -0.2) is 48.0 Å². The molecule has 0 unspecified atom stereocenters. The van der Waals surface area contributed by atoms with Crippen molar-refractivity contribution in [1.29, 1.82) is 0 Å². The molecule has 0 aromatic carbocycles. The van der Waals surface area contributed by atoms with Gasteiger partial charge in [-0.3, -0.25) is 4.99 Å². The van der Waals surface area contributed by atoms with Gasteiger partial charge < -0.3 is 14.6 Å². The molecule has 0 radical (unpaired) electrons. The van der Waals surface area contributed by atoms with Crippen LogP contribution in [0.15, 0.2) is 27.8 Å². The maximum atomic E-state index is 5.33. The van der Waals surface area contributed by atoms with Crippen molar-refractivity contribution in [3.8, 4) is 0 Å². The van der Waals surface area contributed by atoms with E-state index in [1.54, 1.807) is 6.26 Å². The fourth-order valence-electron chi connectivity index (χ4n) is 2.28. The lowest BCUT2D eigenvalue weighted by atomic mass is 10.2. The second kappa shape index (κ2) is 6.37. The molecule has 2 rings (SSSR count). The summed E-state index contributed by atoms with van der Waals surface area (Å²) in [5.74, 6) is 3.17. The van der Waals surface area contributed by atoms with E-state index < -0.39 is 0 Å². The number of nitrogens with zero attached hydrogens (tertiary/aromatic N) is 2. The predicted molar refractivity (Wildman–Crippen MR) is 81.9 cm³/mol. The van der Waals surface area contributed by atoms with Crippen LogP contribution in [0.25, 0.3) is 0 Å². The number of nitrogens with one attached hydrogen (secondary N) is 1. The van der Waals surface area contributed by atoms with Gasteiger partial charge in [0.2, 0.25) is 0 Å². The maximum Gasteiger partial charge on any atom is 0.193 e. The number of rotatable bonds is 3. The molecule has 0 aliphatic carbocycles. The minimum atomic E-state index is 0.302. The summed E-state index contributed by atoms with van der Waals surface area (Å²) in [7, 11) is 1.85. The molecule has 5 heteroatoms. The Hall–Kier alpha value is -1.10. The zero-order valence-corrected chi connectivity index (χ0v) is 12.8. The van der Waals surface area contributed by atoms with E-state index in [1.807, 2.05) is 30.9 Å². The minimum Gasteiger partial charge on any atom is -0.469 e. The van der Waals surface area contributed by atoms with Crippen molar-refractivity contribution in [2.75, 3.05) is 32.4 Å². The van der Waals surface area contributed by atoms with Gasteiger partial charge in [-0.15, -0.1) is 0 Å². The van der Waals surface area contributed by atoms with Crippen molar-refractivity contribution >= 4 is 17.7 Å². The first-order valence-electron chi connectivity index (χ1n) is 6.73. The molecule has 0 bridgehead atoms. The smallest absolute Gasteiger partial charge is 0.193 e. The first-order valence-corrected chi connectivity index (χ1v) is 7.71. The molecule has 0 saturated carbocycles. The molecular formula is C14H23N3OS. The molecule has 1 aromatic heterocycles. The van der Waals surface area contributed by atoms with Crippen LogP contribution in [0.1, 0.15) is 19.6 Å². The molecule has 1 aliphatic rings. The van der Waals surface area contributed by atoms with E-state index >= 15 is 0 Å². The molecular weight excluding hydrogens is 258 g/mol. The Kier molecular flexibility index (Phi) is 4.80. The van der Waals surface area contributed by atoms with Crippen LogP contribution in [0.5, 0.6) is 0 Å². The van der Waals surface area contributed by atoms with Gasteiger partial charge in [-0.25, -0.2) is 0 Å².